The molecule has 0 aromatic carbocycles. The molecule has 4 heteroatoms. The molecule has 1 N–H and O–H groups in total. The molecule has 0 rings (SSSR count). The smallest absolute Gasteiger partial charge is 0.247 e. The van der Waals surface area contributed by atoms with Gasteiger partial charge in [-0.3, -0.25) is 4.79 Å². The van der Waals surface area contributed by atoms with Gasteiger partial charge in [-0.15, -0.1) is 11.6 Å². The summed E-state index contributed by atoms with van der Waals surface area (Å²) in [4.78, 5) is 10.8. The van der Waals surface area contributed by atoms with Gasteiger partial charge in [-0.2, -0.15) is 0 Å². The summed E-state index contributed by atoms with van der Waals surface area (Å²) in [7, 11) is 4.18. The third kappa shape index (κ3) is 9.55. The van der Waals surface area contributed by atoms with Gasteiger partial charge in [-0.25, -0.2) is 0 Å². The van der Waals surface area contributed by atoms with Crippen LogP contribution in [-0.4, -0.2) is 44.1 Å². The maximum atomic E-state index is 10.8. The molecular formula is C10H22ClN2O+. The van der Waals surface area contributed by atoms with E-state index in [1.54, 1.807) is 0 Å². The highest BCUT2D eigenvalue weighted by Gasteiger charge is 2.12. The summed E-state index contributed by atoms with van der Waals surface area (Å²) in [5.74, 6) is -0.0997. The van der Waals surface area contributed by atoms with E-state index in [0.717, 1.165) is 17.4 Å². The molecule has 0 heterocycles. The van der Waals surface area contributed by atoms with E-state index >= 15 is 0 Å². The summed E-state index contributed by atoms with van der Waals surface area (Å²) in [6.07, 6.45) is 3.89. The predicted molar refractivity (Wildman–Crippen MR) is 62.3 cm³/mol. The molecule has 0 aromatic rings. The van der Waals surface area contributed by atoms with Crippen molar-refractivity contribution in [2.75, 3.05) is 33.7 Å². The first-order valence-corrected chi connectivity index (χ1v) is 5.37. The Labute approximate surface area is 92.3 Å². The lowest BCUT2D eigenvalue weighted by Crippen LogP contribution is -2.48. The lowest BCUT2D eigenvalue weighted by atomic mass is 10.4. The lowest BCUT2D eigenvalue weighted by molar-refractivity contribution is -0.892. The summed E-state index contributed by atoms with van der Waals surface area (Å²) in [5, 5.41) is 2.77. The summed E-state index contributed by atoms with van der Waals surface area (Å²) in [6, 6.07) is 0. The fourth-order valence-electron chi connectivity index (χ4n) is 1.05. The van der Waals surface area contributed by atoms with Crippen molar-refractivity contribution >= 4 is 17.5 Å². The Bertz CT molecular complexity index is 170. The van der Waals surface area contributed by atoms with Gasteiger partial charge < -0.3 is 9.80 Å². The van der Waals surface area contributed by atoms with E-state index < -0.39 is 0 Å². The largest absolute Gasteiger partial charge is 0.311 e. The zero-order valence-corrected chi connectivity index (χ0v) is 10.4. The molecule has 1 amide bonds. The molecule has 0 saturated carbocycles. The number of carbonyl (C=O) groups excluding carboxylic acids is 1. The molecule has 0 bridgehead atoms. The summed E-state index contributed by atoms with van der Waals surface area (Å²) in [6.45, 7) is 7.25. The van der Waals surface area contributed by atoms with Crippen molar-refractivity contribution in [3.63, 3.8) is 0 Å². The first-order chi connectivity index (χ1) is 6.52. The highest BCUT2D eigenvalue weighted by molar-refractivity contribution is 6.15. The van der Waals surface area contributed by atoms with Crippen LogP contribution >= 0.6 is 11.6 Å². The number of halogens is 1. The molecule has 0 saturated heterocycles. The van der Waals surface area contributed by atoms with Gasteiger partial charge >= 0.3 is 0 Å². The molecule has 14 heavy (non-hydrogen) atoms. The van der Waals surface area contributed by atoms with Crippen LogP contribution < -0.4 is 5.32 Å². The van der Waals surface area contributed by atoms with Gasteiger partial charge in [0.15, 0.2) is 6.67 Å². The van der Waals surface area contributed by atoms with Crippen LogP contribution in [0.3, 0.4) is 0 Å². The highest BCUT2D eigenvalue weighted by Crippen LogP contribution is 1.95. The van der Waals surface area contributed by atoms with Crippen LogP contribution in [0.2, 0.25) is 0 Å². The third-order valence-electron chi connectivity index (χ3n) is 1.70. The Morgan fingerprint density at radius 1 is 1.50 bits per heavy atom. The monoisotopic (exact) mass is 221 g/mol. The van der Waals surface area contributed by atoms with Gasteiger partial charge in [0.05, 0.1) is 20.6 Å². The molecule has 0 spiro atoms. The van der Waals surface area contributed by atoms with Crippen LogP contribution in [0.1, 0.15) is 13.3 Å². The second-order valence-corrected chi connectivity index (χ2v) is 3.56. The van der Waals surface area contributed by atoms with Gasteiger partial charge in [-0.05, 0) is 12.5 Å². The SMILES string of the molecule is C=CC(=O)NC[N+](C)(C)CCC.CCl. The fraction of sp³-hybridized carbons (Fsp3) is 0.700. The number of carbonyl (C=O) groups is 1. The van der Waals surface area contributed by atoms with Crippen LogP contribution in [0.5, 0.6) is 0 Å². The molecule has 0 radical (unpaired) electrons. The number of quaternary nitrogens is 1. The van der Waals surface area contributed by atoms with Gasteiger partial charge in [0.2, 0.25) is 5.91 Å². The van der Waals surface area contributed by atoms with E-state index in [4.69, 9.17) is 0 Å². The number of nitrogens with zero attached hydrogens (tertiary/aromatic N) is 1. The van der Waals surface area contributed by atoms with Crippen LogP contribution in [0.4, 0.5) is 0 Å². The van der Waals surface area contributed by atoms with Crippen molar-refractivity contribution in [1.29, 1.82) is 0 Å². The Morgan fingerprint density at radius 2 is 2.00 bits per heavy atom. The maximum absolute atomic E-state index is 10.8. The molecule has 0 atom stereocenters. The van der Waals surface area contributed by atoms with Crippen molar-refractivity contribution in [2.24, 2.45) is 0 Å². The minimum atomic E-state index is -0.0997. The van der Waals surface area contributed by atoms with E-state index in [2.05, 4.69) is 44.5 Å². The second kappa shape index (κ2) is 9.03. The zero-order chi connectivity index (χ0) is 11.6. The molecule has 84 valence electrons. The van der Waals surface area contributed by atoms with Crippen LogP contribution in [0.25, 0.3) is 0 Å². The predicted octanol–water partition coefficient (Wildman–Crippen LogP) is 1.59. The molecule has 3 nitrogen and oxygen atoms in total. The number of rotatable bonds is 5. The number of hydrogen-bond acceptors (Lipinski definition) is 1. The van der Waals surface area contributed by atoms with Crippen LogP contribution in [-0.2, 0) is 4.79 Å². The molecule has 0 unspecified atom stereocenters. The third-order valence-corrected chi connectivity index (χ3v) is 1.70. The highest BCUT2D eigenvalue weighted by atomic mass is 35.5. The Balaban J connectivity index is 0. The Hall–Kier alpha value is -0.540. The van der Waals surface area contributed by atoms with E-state index in [1.807, 2.05) is 0 Å². The molecular weight excluding hydrogens is 200 g/mol. The van der Waals surface area contributed by atoms with Crippen molar-refractivity contribution < 1.29 is 9.28 Å². The molecule has 0 aliphatic carbocycles. The second-order valence-electron chi connectivity index (χ2n) is 3.56. The number of alkyl halides is 1. The molecule has 0 aliphatic rings. The lowest BCUT2D eigenvalue weighted by Gasteiger charge is -2.28. The minimum Gasteiger partial charge on any atom is -0.311 e. The van der Waals surface area contributed by atoms with Gasteiger partial charge in [0.1, 0.15) is 0 Å². The summed E-state index contributed by atoms with van der Waals surface area (Å²) >= 11 is 4.64. The van der Waals surface area contributed by atoms with Crippen molar-refractivity contribution in [1.82, 2.24) is 5.32 Å². The van der Waals surface area contributed by atoms with Gasteiger partial charge in [-0.1, -0.05) is 13.5 Å². The van der Waals surface area contributed by atoms with Gasteiger partial charge in [0, 0.05) is 6.38 Å². The van der Waals surface area contributed by atoms with E-state index in [9.17, 15) is 4.79 Å². The topological polar surface area (TPSA) is 29.1 Å². The number of nitrogens with one attached hydrogen (secondary N) is 1. The zero-order valence-electron chi connectivity index (χ0n) is 9.64. The number of hydrogen-bond donors (Lipinski definition) is 1. The fourth-order valence-corrected chi connectivity index (χ4v) is 1.05. The number of amides is 1. The van der Waals surface area contributed by atoms with Crippen molar-refractivity contribution in [2.45, 2.75) is 13.3 Å². The summed E-state index contributed by atoms with van der Waals surface area (Å²) in [5.41, 5.74) is 0. The summed E-state index contributed by atoms with van der Waals surface area (Å²) < 4.78 is 0.816. The van der Waals surface area contributed by atoms with Gasteiger partial charge in [0.25, 0.3) is 0 Å². The average molecular weight is 222 g/mol. The average Bonchev–Trinajstić information content (AvgIpc) is 2.17. The Morgan fingerprint density at radius 3 is 2.36 bits per heavy atom. The van der Waals surface area contributed by atoms with Crippen molar-refractivity contribution in [3.05, 3.63) is 12.7 Å². The van der Waals surface area contributed by atoms with E-state index in [-0.39, 0.29) is 5.91 Å². The van der Waals surface area contributed by atoms with E-state index in [1.165, 1.54) is 12.5 Å². The first kappa shape index (κ1) is 15.9. The Kier molecular flexibility index (Phi) is 10.3. The molecule has 0 aliphatic heterocycles. The normalized spacial score (nSPS) is 9.79. The van der Waals surface area contributed by atoms with Crippen LogP contribution in [0, 0.1) is 0 Å². The minimum absolute atomic E-state index is 0.0997. The quantitative estimate of drug-likeness (QED) is 0.325. The first-order valence-electron chi connectivity index (χ1n) is 4.62. The molecule has 0 fully saturated rings. The van der Waals surface area contributed by atoms with Crippen LogP contribution in [0.15, 0.2) is 12.7 Å². The molecule has 0 aromatic heterocycles. The van der Waals surface area contributed by atoms with E-state index in [0.29, 0.717) is 6.67 Å². The maximum Gasteiger partial charge on any atom is 0.247 e. The standard InChI is InChI=1S/C9H18N2O.CH3Cl/c1-5-7-11(3,4)8-10-9(12)6-2;1-2/h6H,2,5,7-8H2,1,3-4H3;1H3/p+1. The van der Waals surface area contributed by atoms with Crippen molar-refractivity contribution in [3.8, 4) is 0 Å².